The van der Waals surface area contributed by atoms with Crippen LogP contribution < -0.4 is 0 Å². The molecule has 0 aromatic heterocycles. The Morgan fingerprint density at radius 2 is 2.22 bits per heavy atom. The van der Waals surface area contributed by atoms with Crippen molar-refractivity contribution in [2.24, 2.45) is 5.92 Å². The van der Waals surface area contributed by atoms with Gasteiger partial charge in [-0.1, -0.05) is 43.3 Å². The van der Waals surface area contributed by atoms with Gasteiger partial charge in [0, 0.05) is 6.54 Å². The van der Waals surface area contributed by atoms with E-state index in [2.05, 4.69) is 25.6 Å². The Hall–Kier alpha value is -1.77. The third kappa shape index (κ3) is 2.92. The Kier molecular flexibility index (Phi) is 4.03. The van der Waals surface area contributed by atoms with Gasteiger partial charge in [-0.3, -0.25) is 0 Å². The van der Waals surface area contributed by atoms with Gasteiger partial charge in [0.05, 0.1) is 6.04 Å². The number of cyclic esters (lactones) is 1. The van der Waals surface area contributed by atoms with E-state index in [1.165, 1.54) is 5.56 Å². The van der Waals surface area contributed by atoms with Gasteiger partial charge in [-0.2, -0.15) is 0 Å². The number of hydrogen-bond donors (Lipinski definition) is 0. The van der Waals surface area contributed by atoms with E-state index >= 15 is 0 Å². The predicted octanol–water partition coefficient (Wildman–Crippen LogP) is 2.87. The van der Waals surface area contributed by atoms with Crippen molar-refractivity contribution in [3.63, 3.8) is 0 Å². The lowest BCUT2D eigenvalue weighted by atomic mass is 10.0. The van der Waals surface area contributed by atoms with Gasteiger partial charge in [0.2, 0.25) is 0 Å². The maximum absolute atomic E-state index is 11.7. The molecule has 1 saturated heterocycles. The van der Waals surface area contributed by atoms with Crippen molar-refractivity contribution in [3.8, 4) is 0 Å². The molecule has 1 aromatic rings. The van der Waals surface area contributed by atoms with E-state index in [1.54, 1.807) is 0 Å². The van der Waals surface area contributed by atoms with E-state index in [-0.39, 0.29) is 18.1 Å². The molecular formula is C15H19NO2. The highest BCUT2D eigenvalue weighted by Gasteiger charge is 2.33. The van der Waals surface area contributed by atoms with Gasteiger partial charge in [0.1, 0.15) is 6.61 Å². The van der Waals surface area contributed by atoms with Crippen LogP contribution in [0.15, 0.2) is 43.0 Å². The molecule has 0 spiro atoms. The number of hydrogen-bond acceptors (Lipinski definition) is 2. The van der Waals surface area contributed by atoms with Crippen molar-refractivity contribution < 1.29 is 9.53 Å². The summed E-state index contributed by atoms with van der Waals surface area (Å²) in [7, 11) is 0. The van der Waals surface area contributed by atoms with Crippen LogP contribution in [0.3, 0.4) is 0 Å². The van der Waals surface area contributed by atoms with Crippen LogP contribution in [0.2, 0.25) is 0 Å². The third-order valence-corrected chi connectivity index (χ3v) is 3.28. The summed E-state index contributed by atoms with van der Waals surface area (Å²) < 4.78 is 5.15. The van der Waals surface area contributed by atoms with Gasteiger partial charge in [-0.15, -0.1) is 6.58 Å². The second-order valence-corrected chi connectivity index (χ2v) is 4.79. The number of carbonyl (C=O) groups excluding carboxylic acids is 1. The first-order chi connectivity index (χ1) is 8.70. The number of carbonyl (C=O) groups is 1. The molecule has 0 bridgehead atoms. The topological polar surface area (TPSA) is 29.5 Å². The molecule has 3 nitrogen and oxygen atoms in total. The zero-order valence-electron chi connectivity index (χ0n) is 10.7. The minimum atomic E-state index is -0.204. The lowest BCUT2D eigenvalue weighted by Gasteiger charge is -2.23. The predicted molar refractivity (Wildman–Crippen MR) is 71.3 cm³/mol. The molecule has 1 amide bonds. The van der Waals surface area contributed by atoms with Crippen LogP contribution in [-0.4, -0.2) is 30.2 Å². The van der Waals surface area contributed by atoms with E-state index in [1.807, 2.05) is 29.2 Å². The largest absolute Gasteiger partial charge is 0.447 e. The molecule has 1 aromatic carbocycles. The highest BCUT2D eigenvalue weighted by molar-refractivity contribution is 5.70. The normalized spacial score (nSPS) is 20.6. The van der Waals surface area contributed by atoms with E-state index < -0.39 is 0 Å². The van der Waals surface area contributed by atoms with Gasteiger partial charge in [0.15, 0.2) is 0 Å². The van der Waals surface area contributed by atoms with Crippen LogP contribution in [0.4, 0.5) is 4.79 Å². The highest BCUT2D eigenvalue weighted by Crippen LogP contribution is 2.18. The second-order valence-electron chi connectivity index (χ2n) is 4.79. The number of benzene rings is 1. The first-order valence-electron chi connectivity index (χ1n) is 6.30. The Bertz CT molecular complexity index is 416. The van der Waals surface area contributed by atoms with E-state index in [0.29, 0.717) is 13.2 Å². The summed E-state index contributed by atoms with van der Waals surface area (Å²) in [5, 5.41) is 0. The van der Waals surface area contributed by atoms with Gasteiger partial charge in [0.25, 0.3) is 0 Å². The quantitative estimate of drug-likeness (QED) is 0.746. The number of rotatable bonds is 5. The molecule has 0 aliphatic carbocycles. The summed E-state index contributed by atoms with van der Waals surface area (Å²) in [6.07, 6.45) is 2.51. The lowest BCUT2D eigenvalue weighted by Crippen LogP contribution is -2.37. The van der Waals surface area contributed by atoms with Crippen LogP contribution in [0.1, 0.15) is 12.5 Å². The van der Waals surface area contributed by atoms with Crippen LogP contribution in [0.5, 0.6) is 0 Å². The monoisotopic (exact) mass is 245 g/mol. The lowest BCUT2D eigenvalue weighted by molar-refractivity contribution is 0.155. The van der Waals surface area contributed by atoms with E-state index in [0.717, 1.165) is 6.42 Å². The summed E-state index contributed by atoms with van der Waals surface area (Å²) >= 11 is 0. The molecule has 0 saturated carbocycles. The minimum absolute atomic E-state index is 0.141. The summed E-state index contributed by atoms with van der Waals surface area (Å²) in [6, 6.07) is 10.3. The molecule has 1 heterocycles. The first-order valence-corrected chi connectivity index (χ1v) is 6.30. The van der Waals surface area contributed by atoms with Crippen molar-refractivity contribution >= 4 is 6.09 Å². The Balaban J connectivity index is 2.02. The highest BCUT2D eigenvalue weighted by atomic mass is 16.6. The number of ether oxygens (including phenoxy) is 1. The van der Waals surface area contributed by atoms with E-state index in [9.17, 15) is 4.79 Å². The van der Waals surface area contributed by atoms with Crippen LogP contribution in [0, 0.1) is 5.92 Å². The zero-order valence-corrected chi connectivity index (χ0v) is 10.7. The molecule has 96 valence electrons. The maximum atomic E-state index is 11.7. The van der Waals surface area contributed by atoms with Crippen molar-refractivity contribution in [3.05, 3.63) is 48.6 Å². The second kappa shape index (κ2) is 5.71. The van der Waals surface area contributed by atoms with Crippen LogP contribution >= 0.6 is 0 Å². The molecule has 3 heteroatoms. The molecule has 2 rings (SSSR count). The van der Waals surface area contributed by atoms with Crippen LogP contribution in [-0.2, 0) is 11.2 Å². The summed E-state index contributed by atoms with van der Waals surface area (Å²) in [6.45, 7) is 6.98. The fourth-order valence-corrected chi connectivity index (χ4v) is 2.15. The van der Waals surface area contributed by atoms with Crippen molar-refractivity contribution in [1.29, 1.82) is 0 Å². The SMILES string of the molecule is C=C[C@H](C)CN1C(=O)OC[C@H]1Cc1ccccc1. The Morgan fingerprint density at radius 3 is 2.89 bits per heavy atom. The molecular weight excluding hydrogens is 226 g/mol. The Morgan fingerprint density at radius 1 is 1.50 bits per heavy atom. The number of amides is 1. The minimum Gasteiger partial charge on any atom is -0.447 e. The smallest absolute Gasteiger partial charge is 0.410 e. The zero-order chi connectivity index (χ0) is 13.0. The molecule has 0 radical (unpaired) electrons. The van der Waals surface area contributed by atoms with Gasteiger partial charge in [-0.25, -0.2) is 4.79 Å². The standard InChI is InChI=1S/C15H19NO2/c1-3-12(2)10-16-14(11-18-15(16)17)9-13-7-5-4-6-8-13/h3-8,12,14H,1,9-11H2,2H3/t12-,14+/m0/s1. The number of nitrogens with zero attached hydrogens (tertiary/aromatic N) is 1. The molecule has 18 heavy (non-hydrogen) atoms. The molecule has 0 N–H and O–H groups in total. The fourth-order valence-electron chi connectivity index (χ4n) is 2.15. The average Bonchev–Trinajstić information content (AvgIpc) is 2.72. The summed E-state index contributed by atoms with van der Waals surface area (Å²) in [5.41, 5.74) is 1.23. The van der Waals surface area contributed by atoms with E-state index in [4.69, 9.17) is 4.74 Å². The van der Waals surface area contributed by atoms with Gasteiger partial charge >= 0.3 is 6.09 Å². The van der Waals surface area contributed by atoms with Gasteiger partial charge < -0.3 is 9.64 Å². The van der Waals surface area contributed by atoms with Crippen molar-refractivity contribution in [2.45, 2.75) is 19.4 Å². The van der Waals surface area contributed by atoms with Gasteiger partial charge in [-0.05, 0) is 17.9 Å². The first kappa shape index (κ1) is 12.7. The molecule has 2 atom stereocenters. The summed E-state index contributed by atoms with van der Waals surface area (Å²) in [5.74, 6) is 0.286. The van der Waals surface area contributed by atoms with Crippen molar-refractivity contribution in [1.82, 2.24) is 4.90 Å². The van der Waals surface area contributed by atoms with Crippen molar-refractivity contribution in [2.75, 3.05) is 13.2 Å². The molecule has 1 aliphatic heterocycles. The molecule has 0 unspecified atom stereocenters. The summed E-state index contributed by atoms with van der Waals surface area (Å²) in [4.78, 5) is 13.5. The maximum Gasteiger partial charge on any atom is 0.410 e. The fraction of sp³-hybridized carbons (Fsp3) is 0.400. The third-order valence-electron chi connectivity index (χ3n) is 3.28. The molecule has 1 fully saturated rings. The average molecular weight is 245 g/mol. The molecule has 1 aliphatic rings. The van der Waals surface area contributed by atoms with Crippen LogP contribution in [0.25, 0.3) is 0 Å². The Labute approximate surface area is 108 Å².